The van der Waals surface area contributed by atoms with Crippen LogP contribution in [0.15, 0.2) is 60.8 Å². The highest BCUT2D eigenvalue weighted by molar-refractivity contribution is 6.27. The molecule has 0 aliphatic carbocycles. The number of nitrogens with zero attached hydrogens (tertiary/aromatic N) is 2. The molecule has 0 unspecified atom stereocenters. The van der Waals surface area contributed by atoms with Crippen LogP contribution in [0.2, 0.25) is 0 Å². The zero-order chi connectivity index (χ0) is 22.9. The van der Waals surface area contributed by atoms with E-state index in [-0.39, 0.29) is 0 Å². The summed E-state index contributed by atoms with van der Waals surface area (Å²) in [6, 6.07) is 20.2. The second-order valence-corrected chi connectivity index (χ2v) is 8.03. The number of carbonyl (C=O) groups is 2. The number of piperidine rings is 1. The summed E-state index contributed by atoms with van der Waals surface area (Å²) in [6.07, 6.45) is 4.72. The van der Waals surface area contributed by atoms with E-state index >= 15 is 0 Å². The van der Waals surface area contributed by atoms with Crippen LogP contribution in [0.1, 0.15) is 30.9 Å². The van der Waals surface area contributed by atoms with Gasteiger partial charge in [-0.3, -0.25) is 9.80 Å². The molecule has 0 spiro atoms. The number of carboxylic acids is 2. The summed E-state index contributed by atoms with van der Waals surface area (Å²) in [6.45, 7) is 7.93. The van der Waals surface area contributed by atoms with E-state index in [1.807, 2.05) is 0 Å². The molecule has 7 nitrogen and oxygen atoms in total. The lowest BCUT2D eigenvalue weighted by Crippen LogP contribution is -2.44. The molecule has 0 radical (unpaired) electrons. The van der Waals surface area contributed by atoms with Gasteiger partial charge in [0, 0.05) is 36.2 Å². The van der Waals surface area contributed by atoms with Crippen molar-refractivity contribution in [2.45, 2.75) is 38.9 Å². The molecular weight excluding hydrogens is 406 g/mol. The average molecular weight is 438 g/mol. The van der Waals surface area contributed by atoms with E-state index < -0.39 is 11.9 Å². The fourth-order valence-electron chi connectivity index (χ4n) is 4.26. The van der Waals surface area contributed by atoms with Crippen LogP contribution in [0.25, 0.3) is 10.9 Å². The monoisotopic (exact) mass is 437 g/mol. The number of rotatable bonds is 6. The van der Waals surface area contributed by atoms with Crippen LogP contribution in [0, 0.1) is 0 Å². The van der Waals surface area contributed by atoms with Gasteiger partial charge in [-0.15, -0.1) is 0 Å². The molecule has 3 aromatic rings. The molecule has 0 atom stereocenters. The van der Waals surface area contributed by atoms with E-state index in [9.17, 15) is 0 Å². The third-order valence-electron chi connectivity index (χ3n) is 5.96. The molecule has 1 saturated heterocycles. The van der Waals surface area contributed by atoms with Crippen LogP contribution in [0.3, 0.4) is 0 Å². The number of aromatic amines is 1. The third-order valence-corrected chi connectivity index (χ3v) is 5.96. The molecule has 0 saturated carbocycles. The van der Waals surface area contributed by atoms with Crippen LogP contribution < -0.4 is 0 Å². The molecule has 1 fully saturated rings. The van der Waals surface area contributed by atoms with Gasteiger partial charge in [0.05, 0.1) is 0 Å². The topological polar surface area (TPSA) is 96.9 Å². The van der Waals surface area contributed by atoms with Gasteiger partial charge in [0.15, 0.2) is 0 Å². The summed E-state index contributed by atoms with van der Waals surface area (Å²) < 4.78 is 0. The van der Waals surface area contributed by atoms with Gasteiger partial charge in [-0.1, -0.05) is 55.5 Å². The van der Waals surface area contributed by atoms with Crippen molar-refractivity contribution in [2.24, 2.45) is 0 Å². The van der Waals surface area contributed by atoms with Crippen molar-refractivity contribution in [1.82, 2.24) is 14.8 Å². The number of para-hydroxylation sites is 1. The van der Waals surface area contributed by atoms with Crippen molar-refractivity contribution in [2.75, 3.05) is 19.6 Å². The third kappa shape index (κ3) is 6.42. The Labute approximate surface area is 188 Å². The SMILES string of the molecule is CCN(Cc1ccccc1)C1CCN(Cc2c[nH]c3ccccc23)CC1.O=C(O)C(=O)O. The van der Waals surface area contributed by atoms with Gasteiger partial charge in [-0.2, -0.15) is 0 Å². The number of aromatic nitrogens is 1. The standard InChI is InChI=1S/C23H29N3.C2H2O4/c1-2-26(17-19-8-4-3-5-9-19)21-12-14-25(15-13-21)18-20-16-24-23-11-7-6-10-22(20)23;3-1(4)2(5)6/h3-11,16,21,24H,2,12-15,17-18H2,1H3;(H,3,4)(H,5,6). The fraction of sp³-hybridized carbons (Fsp3) is 0.360. The first-order chi connectivity index (χ1) is 15.5. The van der Waals surface area contributed by atoms with Gasteiger partial charge >= 0.3 is 11.9 Å². The number of H-pyrrole nitrogens is 1. The molecule has 0 amide bonds. The number of hydrogen-bond donors (Lipinski definition) is 3. The number of benzene rings is 2. The van der Waals surface area contributed by atoms with Crippen molar-refractivity contribution >= 4 is 22.8 Å². The first-order valence-corrected chi connectivity index (χ1v) is 11.0. The second kappa shape index (κ2) is 11.5. The number of hydrogen-bond acceptors (Lipinski definition) is 4. The van der Waals surface area contributed by atoms with Gasteiger partial charge in [0.25, 0.3) is 0 Å². The number of nitrogens with one attached hydrogen (secondary N) is 1. The van der Waals surface area contributed by atoms with Crippen LogP contribution in [0.4, 0.5) is 0 Å². The van der Waals surface area contributed by atoms with E-state index in [2.05, 4.69) is 82.5 Å². The normalized spacial score (nSPS) is 14.8. The van der Waals surface area contributed by atoms with Crippen LogP contribution >= 0.6 is 0 Å². The Kier molecular flexibility index (Phi) is 8.41. The van der Waals surface area contributed by atoms with Crippen molar-refractivity contribution in [3.8, 4) is 0 Å². The van der Waals surface area contributed by atoms with Gasteiger partial charge in [0.2, 0.25) is 0 Å². The number of fused-ring (bicyclic) bond motifs is 1. The zero-order valence-corrected chi connectivity index (χ0v) is 18.4. The lowest BCUT2D eigenvalue weighted by molar-refractivity contribution is -0.159. The predicted octanol–water partition coefficient (Wildman–Crippen LogP) is 3.81. The Bertz CT molecular complexity index is 998. The van der Waals surface area contributed by atoms with Gasteiger partial charge in [-0.05, 0) is 49.7 Å². The molecule has 1 aliphatic rings. The molecule has 2 aromatic carbocycles. The maximum absolute atomic E-state index is 9.10. The van der Waals surface area contributed by atoms with Gasteiger partial charge in [0.1, 0.15) is 0 Å². The molecule has 3 N–H and O–H groups in total. The maximum atomic E-state index is 9.10. The summed E-state index contributed by atoms with van der Waals surface area (Å²) >= 11 is 0. The molecule has 7 heteroatoms. The quantitative estimate of drug-likeness (QED) is 0.508. The smallest absolute Gasteiger partial charge is 0.414 e. The summed E-state index contributed by atoms with van der Waals surface area (Å²) in [7, 11) is 0. The number of aliphatic carboxylic acids is 2. The van der Waals surface area contributed by atoms with Crippen molar-refractivity contribution in [3.63, 3.8) is 0 Å². The summed E-state index contributed by atoms with van der Waals surface area (Å²) in [5.74, 6) is -3.65. The first kappa shape index (κ1) is 23.5. The van der Waals surface area contributed by atoms with Gasteiger partial charge in [-0.25, -0.2) is 9.59 Å². The fourth-order valence-corrected chi connectivity index (χ4v) is 4.26. The van der Waals surface area contributed by atoms with Crippen LogP contribution in [-0.2, 0) is 22.7 Å². The summed E-state index contributed by atoms with van der Waals surface area (Å²) in [4.78, 5) is 26.9. The summed E-state index contributed by atoms with van der Waals surface area (Å²) in [5.41, 5.74) is 4.10. The molecule has 0 bridgehead atoms. The molecule has 4 rings (SSSR count). The second-order valence-electron chi connectivity index (χ2n) is 8.03. The molecule has 32 heavy (non-hydrogen) atoms. The Balaban J connectivity index is 0.000000427. The Morgan fingerprint density at radius 1 is 1.00 bits per heavy atom. The van der Waals surface area contributed by atoms with Crippen molar-refractivity contribution < 1.29 is 19.8 Å². The Hall–Kier alpha value is -3.16. The lowest BCUT2D eigenvalue weighted by Gasteiger charge is -2.38. The van der Waals surface area contributed by atoms with Gasteiger partial charge < -0.3 is 15.2 Å². The number of likely N-dealkylation sites (tertiary alicyclic amines) is 1. The van der Waals surface area contributed by atoms with E-state index in [4.69, 9.17) is 19.8 Å². The van der Waals surface area contributed by atoms with E-state index in [0.29, 0.717) is 6.04 Å². The molecular formula is C25H31N3O4. The molecule has 1 aliphatic heterocycles. The largest absolute Gasteiger partial charge is 0.473 e. The number of carboxylic acid groups (broad SMARTS) is 2. The van der Waals surface area contributed by atoms with Crippen LogP contribution in [0.5, 0.6) is 0 Å². The minimum Gasteiger partial charge on any atom is -0.473 e. The van der Waals surface area contributed by atoms with E-state index in [1.54, 1.807) is 0 Å². The van der Waals surface area contributed by atoms with Crippen molar-refractivity contribution in [3.05, 3.63) is 71.9 Å². The summed E-state index contributed by atoms with van der Waals surface area (Å²) in [5, 5.41) is 16.2. The van der Waals surface area contributed by atoms with E-state index in [1.165, 1.54) is 48.0 Å². The lowest BCUT2D eigenvalue weighted by atomic mass is 10.0. The minimum absolute atomic E-state index is 0.708. The Morgan fingerprint density at radius 3 is 2.25 bits per heavy atom. The van der Waals surface area contributed by atoms with Crippen molar-refractivity contribution in [1.29, 1.82) is 0 Å². The molecule has 170 valence electrons. The predicted molar refractivity (Wildman–Crippen MR) is 124 cm³/mol. The molecule has 1 aromatic heterocycles. The molecule has 2 heterocycles. The van der Waals surface area contributed by atoms with Crippen LogP contribution in [-0.4, -0.2) is 62.6 Å². The first-order valence-electron chi connectivity index (χ1n) is 11.0. The maximum Gasteiger partial charge on any atom is 0.414 e. The zero-order valence-electron chi connectivity index (χ0n) is 18.4. The highest BCUT2D eigenvalue weighted by Gasteiger charge is 2.24. The highest BCUT2D eigenvalue weighted by Crippen LogP contribution is 2.23. The van der Waals surface area contributed by atoms with E-state index in [0.717, 1.165) is 19.6 Å². The average Bonchev–Trinajstić information content (AvgIpc) is 3.22. The minimum atomic E-state index is -1.82. The Morgan fingerprint density at radius 2 is 1.62 bits per heavy atom. The highest BCUT2D eigenvalue weighted by atomic mass is 16.4.